The first-order chi connectivity index (χ1) is 9.83. The molecular formula is C14H14ClN3O2. The molecule has 0 unspecified atom stereocenters. The average molecular weight is 292 g/mol. The minimum Gasteiger partial charge on any atom is -0.494 e. The van der Waals surface area contributed by atoms with Crippen LogP contribution in [0, 0.1) is 0 Å². The van der Waals surface area contributed by atoms with E-state index in [2.05, 4.69) is 14.7 Å². The van der Waals surface area contributed by atoms with Crippen LogP contribution in [0.25, 0.3) is 11.0 Å². The summed E-state index contributed by atoms with van der Waals surface area (Å²) in [4.78, 5) is 4.65. The number of aryl methyl sites for hydroxylation is 1. The Balaban J connectivity index is 2.13. The highest BCUT2D eigenvalue weighted by atomic mass is 35.5. The number of nitrogens with zero attached hydrogens (tertiary/aromatic N) is 3. The van der Waals surface area contributed by atoms with Crippen LogP contribution in [0.1, 0.15) is 11.6 Å². The molecule has 5 nitrogen and oxygen atoms in total. The summed E-state index contributed by atoms with van der Waals surface area (Å²) in [5.41, 5.74) is 1.84. The van der Waals surface area contributed by atoms with Gasteiger partial charge in [-0.3, -0.25) is 0 Å². The molecule has 20 heavy (non-hydrogen) atoms. The summed E-state index contributed by atoms with van der Waals surface area (Å²) in [6.07, 6.45) is 2.32. The normalized spacial score (nSPS) is 11.1. The molecule has 3 aromatic rings. The van der Waals surface area contributed by atoms with Gasteiger partial charge in [0.15, 0.2) is 5.76 Å². The molecule has 0 N–H and O–H groups in total. The number of methoxy groups -OCH3 is 1. The number of rotatable bonds is 5. The van der Waals surface area contributed by atoms with E-state index in [1.54, 1.807) is 13.3 Å². The lowest BCUT2D eigenvalue weighted by Gasteiger charge is -2.06. The summed E-state index contributed by atoms with van der Waals surface area (Å²) in [7, 11) is 1.64. The number of halogens is 1. The molecule has 0 atom stereocenters. The second kappa shape index (κ2) is 5.54. The van der Waals surface area contributed by atoms with Crippen LogP contribution < -0.4 is 4.74 Å². The van der Waals surface area contributed by atoms with Crippen molar-refractivity contribution in [1.82, 2.24) is 14.7 Å². The van der Waals surface area contributed by atoms with Crippen molar-refractivity contribution in [1.29, 1.82) is 0 Å². The number of aromatic nitrogens is 3. The number of hydrogen-bond acceptors (Lipinski definition) is 4. The molecule has 0 aliphatic rings. The number of benzene rings is 1. The molecule has 0 spiro atoms. The standard InChI is InChI=1S/C14H14ClN3O2/c1-19-12-4-2-3-11-14(12)17-13(5-7-15)18(11)9-10-6-8-16-20-10/h2-4,6,8H,5,7,9H2,1H3. The fourth-order valence-electron chi connectivity index (χ4n) is 2.27. The van der Waals surface area contributed by atoms with Gasteiger partial charge in [0, 0.05) is 18.4 Å². The van der Waals surface area contributed by atoms with Crippen molar-refractivity contribution in [2.24, 2.45) is 0 Å². The zero-order valence-electron chi connectivity index (χ0n) is 11.0. The van der Waals surface area contributed by atoms with Gasteiger partial charge in [0.05, 0.1) is 25.4 Å². The minimum absolute atomic E-state index is 0.516. The second-order valence-electron chi connectivity index (χ2n) is 4.36. The zero-order valence-corrected chi connectivity index (χ0v) is 11.8. The topological polar surface area (TPSA) is 53.1 Å². The van der Waals surface area contributed by atoms with Gasteiger partial charge in [0.1, 0.15) is 17.1 Å². The highest BCUT2D eigenvalue weighted by Crippen LogP contribution is 2.26. The van der Waals surface area contributed by atoms with E-state index in [1.165, 1.54) is 0 Å². The Kier molecular flexibility index (Phi) is 3.60. The van der Waals surface area contributed by atoms with E-state index < -0.39 is 0 Å². The molecule has 0 saturated heterocycles. The maximum Gasteiger partial charge on any atom is 0.156 e. The summed E-state index contributed by atoms with van der Waals surface area (Å²) in [6, 6.07) is 7.71. The molecule has 0 amide bonds. The van der Waals surface area contributed by atoms with Crippen LogP contribution in [-0.2, 0) is 13.0 Å². The maximum absolute atomic E-state index is 5.87. The number of fused-ring (bicyclic) bond motifs is 1. The van der Waals surface area contributed by atoms with Crippen LogP contribution in [0.2, 0.25) is 0 Å². The van der Waals surface area contributed by atoms with Crippen molar-refractivity contribution in [3.8, 4) is 5.75 Å². The lowest BCUT2D eigenvalue weighted by molar-refractivity contribution is 0.376. The van der Waals surface area contributed by atoms with E-state index in [4.69, 9.17) is 20.9 Å². The van der Waals surface area contributed by atoms with Crippen molar-refractivity contribution in [3.63, 3.8) is 0 Å². The molecule has 3 rings (SSSR count). The van der Waals surface area contributed by atoms with Gasteiger partial charge in [-0.15, -0.1) is 11.6 Å². The predicted molar refractivity (Wildman–Crippen MR) is 76.3 cm³/mol. The van der Waals surface area contributed by atoms with Crippen molar-refractivity contribution in [2.45, 2.75) is 13.0 Å². The first kappa shape index (κ1) is 13.0. The number of ether oxygens (including phenoxy) is 1. The smallest absolute Gasteiger partial charge is 0.156 e. The van der Waals surface area contributed by atoms with Crippen molar-refractivity contribution in [3.05, 3.63) is 42.0 Å². The fourth-order valence-corrected chi connectivity index (χ4v) is 2.43. The van der Waals surface area contributed by atoms with Crippen LogP contribution in [0.3, 0.4) is 0 Å². The van der Waals surface area contributed by atoms with E-state index in [-0.39, 0.29) is 0 Å². The molecule has 2 heterocycles. The molecule has 0 fully saturated rings. The van der Waals surface area contributed by atoms with E-state index >= 15 is 0 Å². The fraction of sp³-hybridized carbons (Fsp3) is 0.286. The molecule has 0 bridgehead atoms. The quantitative estimate of drug-likeness (QED) is 0.678. The Morgan fingerprint density at radius 3 is 2.95 bits per heavy atom. The van der Waals surface area contributed by atoms with Crippen LogP contribution in [0.5, 0.6) is 5.75 Å². The molecule has 0 aliphatic heterocycles. The average Bonchev–Trinajstić information content (AvgIpc) is 3.08. The van der Waals surface area contributed by atoms with Gasteiger partial charge >= 0.3 is 0 Å². The number of hydrogen-bond donors (Lipinski definition) is 0. The summed E-state index contributed by atoms with van der Waals surface area (Å²) in [5.74, 6) is 2.97. The van der Waals surface area contributed by atoms with E-state index in [9.17, 15) is 0 Å². The molecule has 6 heteroatoms. The third kappa shape index (κ3) is 2.25. The molecular weight excluding hydrogens is 278 g/mol. The summed E-state index contributed by atoms with van der Waals surface area (Å²) in [6.45, 7) is 0.579. The van der Waals surface area contributed by atoms with Gasteiger partial charge in [0.25, 0.3) is 0 Å². The van der Waals surface area contributed by atoms with Gasteiger partial charge < -0.3 is 13.8 Å². The van der Waals surface area contributed by atoms with Crippen LogP contribution in [0.4, 0.5) is 0 Å². The van der Waals surface area contributed by atoms with E-state index in [0.717, 1.165) is 28.4 Å². The molecule has 1 aromatic carbocycles. The first-order valence-corrected chi connectivity index (χ1v) is 6.84. The number of imidazole rings is 1. The molecule has 0 radical (unpaired) electrons. The Hall–Kier alpha value is -2.01. The first-order valence-electron chi connectivity index (χ1n) is 6.31. The van der Waals surface area contributed by atoms with Gasteiger partial charge in [0.2, 0.25) is 0 Å². The van der Waals surface area contributed by atoms with E-state index in [0.29, 0.717) is 18.8 Å². The third-order valence-electron chi connectivity index (χ3n) is 3.16. The summed E-state index contributed by atoms with van der Waals surface area (Å²) < 4.78 is 12.6. The highest BCUT2D eigenvalue weighted by molar-refractivity contribution is 6.17. The Labute approximate surface area is 121 Å². The zero-order chi connectivity index (χ0) is 13.9. The Bertz CT molecular complexity index is 707. The van der Waals surface area contributed by atoms with Crippen LogP contribution in [0.15, 0.2) is 35.0 Å². The molecule has 104 valence electrons. The third-order valence-corrected chi connectivity index (χ3v) is 3.35. The Morgan fingerprint density at radius 1 is 1.35 bits per heavy atom. The Morgan fingerprint density at radius 2 is 2.25 bits per heavy atom. The van der Waals surface area contributed by atoms with Crippen molar-refractivity contribution >= 4 is 22.6 Å². The monoisotopic (exact) mass is 291 g/mol. The van der Waals surface area contributed by atoms with Crippen molar-refractivity contribution in [2.75, 3.05) is 13.0 Å². The summed E-state index contributed by atoms with van der Waals surface area (Å²) >= 11 is 5.87. The lowest BCUT2D eigenvalue weighted by atomic mass is 10.3. The summed E-state index contributed by atoms with van der Waals surface area (Å²) in [5, 5.41) is 3.73. The highest BCUT2D eigenvalue weighted by Gasteiger charge is 2.14. The largest absolute Gasteiger partial charge is 0.494 e. The minimum atomic E-state index is 0.516. The molecule has 0 saturated carbocycles. The predicted octanol–water partition coefficient (Wildman–Crippen LogP) is 2.86. The van der Waals surface area contributed by atoms with Crippen LogP contribution >= 0.6 is 11.6 Å². The van der Waals surface area contributed by atoms with Gasteiger partial charge in [-0.1, -0.05) is 11.2 Å². The maximum atomic E-state index is 5.87. The van der Waals surface area contributed by atoms with Crippen molar-refractivity contribution < 1.29 is 9.26 Å². The molecule has 0 aliphatic carbocycles. The van der Waals surface area contributed by atoms with Gasteiger partial charge in [-0.05, 0) is 12.1 Å². The van der Waals surface area contributed by atoms with Gasteiger partial charge in [-0.2, -0.15) is 0 Å². The molecule has 2 aromatic heterocycles. The van der Waals surface area contributed by atoms with Gasteiger partial charge in [-0.25, -0.2) is 4.98 Å². The van der Waals surface area contributed by atoms with E-state index in [1.807, 2.05) is 24.3 Å². The number of alkyl halides is 1. The SMILES string of the molecule is COc1cccc2c1nc(CCCl)n2Cc1ccno1. The lowest BCUT2D eigenvalue weighted by Crippen LogP contribution is -2.05. The number of para-hydroxylation sites is 1. The second-order valence-corrected chi connectivity index (χ2v) is 4.74. The van der Waals surface area contributed by atoms with Crippen LogP contribution in [-0.4, -0.2) is 27.7 Å².